The number of nitrogens with one attached hydrogen (secondary N) is 2. The summed E-state index contributed by atoms with van der Waals surface area (Å²) in [4.78, 5) is 35.8. The summed E-state index contributed by atoms with van der Waals surface area (Å²) >= 11 is 0. The fraction of sp³-hybridized carbons (Fsp3) is 0.387. The number of H-pyrrole nitrogens is 1. The lowest BCUT2D eigenvalue weighted by Crippen LogP contribution is -2.43. The molecule has 1 fully saturated rings. The number of aryl methyl sites for hydroxylation is 2. The predicted molar refractivity (Wildman–Crippen MR) is 151 cm³/mol. The Balaban J connectivity index is 1.47. The number of rotatable bonds is 7. The Morgan fingerprint density at radius 2 is 1.95 bits per heavy atom. The highest BCUT2D eigenvalue weighted by Gasteiger charge is 2.38. The van der Waals surface area contributed by atoms with Crippen molar-refractivity contribution in [3.63, 3.8) is 0 Å². The van der Waals surface area contributed by atoms with Crippen molar-refractivity contribution >= 4 is 11.6 Å². The molecule has 1 atom stereocenters. The Kier molecular flexibility index (Phi) is 6.97. The van der Waals surface area contributed by atoms with Crippen molar-refractivity contribution in [2.24, 2.45) is 0 Å². The van der Waals surface area contributed by atoms with Crippen LogP contribution < -0.4 is 20.5 Å². The normalized spacial score (nSPS) is 18.7. The molecular formula is C31H36N4O3. The van der Waals surface area contributed by atoms with Crippen LogP contribution in [0.2, 0.25) is 0 Å². The first-order valence-electron chi connectivity index (χ1n) is 13.3. The van der Waals surface area contributed by atoms with Crippen molar-refractivity contribution in [2.45, 2.75) is 52.6 Å². The number of hydrogen-bond acceptors (Lipinski definition) is 6. The molecule has 0 saturated carbocycles. The summed E-state index contributed by atoms with van der Waals surface area (Å²) in [7, 11) is 0. The number of aromatic nitrogens is 2. The SMILES string of the molecule is C=C(C)C1(C)Cc2cc(C(=O)CCc3c(C)cc(C)[nH]c3=O)cc(-c3ccc(N4CCNCC4)nc3)c2O1. The van der Waals surface area contributed by atoms with Gasteiger partial charge in [-0.15, -0.1) is 0 Å². The maximum atomic E-state index is 13.4. The number of carbonyl (C=O) groups is 1. The van der Waals surface area contributed by atoms with E-state index in [0.29, 0.717) is 24.0 Å². The highest BCUT2D eigenvalue weighted by Crippen LogP contribution is 2.45. The van der Waals surface area contributed by atoms with E-state index in [2.05, 4.69) is 27.8 Å². The van der Waals surface area contributed by atoms with Crippen LogP contribution in [0.25, 0.3) is 11.1 Å². The largest absolute Gasteiger partial charge is 0.482 e. The van der Waals surface area contributed by atoms with E-state index < -0.39 is 5.60 Å². The molecule has 2 N–H and O–H groups in total. The number of carbonyl (C=O) groups excluding carboxylic acids is 1. The van der Waals surface area contributed by atoms with Crippen molar-refractivity contribution in [3.8, 4) is 16.9 Å². The van der Waals surface area contributed by atoms with E-state index in [1.54, 1.807) is 0 Å². The van der Waals surface area contributed by atoms with Gasteiger partial charge in [0.15, 0.2) is 5.78 Å². The summed E-state index contributed by atoms with van der Waals surface area (Å²) in [5, 5.41) is 3.37. The molecular weight excluding hydrogens is 476 g/mol. The molecule has 0 radical (unpaired) electrons. The first kappa shape index (κ1) is 25.9. The molecule has 1 unspecified atom stereocenters. The molecule has 198 valence electrons. The van der Waals surface area contributed by atoms with Gasteiger partial charge in [-0.25, -0.2) is 4.98 Å². The first-order chi connectivity index (χ1) is 18.1. The molecule has 0 aliphatic carbocycles. The lowest BCUT2D eigenvalue weighted by atomic mass is 9.90. The molecule has 38 heavy (non-hydrogen) atoms. The number of benzene rings is 1. The molecule has 0 spiro atoms. The number of Topliss-reactive ketones (excluding diaryl/α,β-unsaturated/α-hetero) is 1. The quantitative estimate of drug-likeness (QED) is 0.357. The van der Waals surface area contributed by atoms with Gasteiger partial charge in [-0.05, 0) is 81.1 Å². The maximum absolute atomic E-state index is 13.4. The first-order valence-corrected chi connectivity index (χ1v) is 13.3. The Morgan fingerprint density at radius 3 is 2.61 bits per heavy atom. The van der Waals surface area contributed by atoms with E-state index in [1.807, 2.05) is 58.2 Å². The zero-order valence-electron chi connectivity index (χ0n) is 22.7. The molecule has 1 aromatic carbocycles. The van der Waals surface area contributed by atoms with Crippen LogP contribution in [-0.2, 0) is 12.8 Å². The molecule has 2 aromatic heterocycles. The molecule has 2 aliphatic rings. The number of pyridine rings is 2. The number of hydrogen-bond donors (Lipinski definition) is 2. The number of nitrogens with zero attached hydrogens (tertiary/aromatic N) is 2. The maximum Gasteiger partial charge on any atom is 0.251 e. The summed E-state index contributed by atoms with van der Waals surface area (Å²) in [6.07, 6.45) is 3.17. The average molecular weight is 513 g/mol. The lowest BCUT2D eigenvalue weighted by molar-refractivity contribution is 0.0982. The summed E-state index contributed by atoms with van der Waals surface area (Å²) in [6, 6.07) is 9.91. The second kappa shape index (κ2) is 10.2. The van der Waals surface area contributed by atoms with Crippen LogP contribution in [0.15, 0.2) is 53.5 Å². The van der Waals surface area contributed by atoms with Crippen LogP contribution >= 0.6 is 0 Å². The van der Waals surface area contributed by atoms with Crippen molar-refractivity contribution in [2.75, 3.05) is 31.1 Å². The molecule has 5 rings (SSSR count). The minimum absolute atomic E-state index is 0.00255. The molecule has 4 heterocycles. The van der Waals surface area contributed by atoms with Crippen LogP contribution in [0.3, 0.4) is 0 Å². The van der Waals surface area contributed by atoms with E-state index in [0.717, 1.165) is 71.3 Å². The number of piperazine rings is 1. The van der Waals surface area contributed by atoms with Crippen LogP contribution in [0, 0.1) is 13.8 Å². The second-order valence-electron chi connectivity index (χ2n) is 10.8. The number of ketones is 1. The molecule has 1 saturated heterocycles. The molecule has 7 nitrogen and oxygen atoms in total. The van der Waals surface area contributed by atoms with E-state index in [4.69, 9.17) is 9.72 Å². The van der Waals surface area contributed by atoms with Gasteiger partial charge < -0.3 is 19.9 Å². The topological polar surface area (TPSA) is 87.3 Å². The second-order valence-corrected chi connectivity index (χ2v) is 10.8. The van der Waals surface area contributed by atoms with E-state index in [1.165, 1.54) is 0 Å². The van der Waals surface area contributed by atoms with E-state index in [-0.39, 0.29) is 17.8 Å². The minimum atomic E-state index is -0.529. The highest BCUT2D eigenvalue weighted by atomic mass is 16.5. The number of fused-ring (bicyclic) bond motifs is 1. The zero-order valence-corrected chi connectivity index (χ0v) is 22.7. The third-order valence-electron chi connectivity index (χ3n) is 7.84. The van der Waals surface area contributed by atoms with Crippen LogP contribution in [0.5, 0.6) is 5.75 Å². The Morgan fingerprint density at radius 1 is 1.18 bits per heavy atom. The third-order valence-corrected chi connectivity index (χ3v) is 7.84. The van der Waals surface area contributed by atoms with Crippen molar-refractivity contribution in [1.29, 1.82) is 0 Å². The Bertz CT molecular complexity index is 1450. The van der Waals surface area contributed by atoms with E-state index >= 15 is 0 Å². The number of aromatic amines is 1. The zero-order chi connectivity index (χ0) is 27.0. The molecule has 0 amide bonds. The Labute approximate surface area is 224 Å². The fourth-order valence-corrected chi connectivity index (χ4v) is 5.38. The smallest absolute Gasteiger partial charge is 0.251 e. The predicted octanol–water partition coefficient (Wildman–Crippen LogP) is 4.55. The number of ether oxygens (including phenoxy) is 1. The van der Waals surface area contributed by atoms with Gasteiger partial charge in [0, 0.05) is 73.2 Å². The van der Waals surface area contributed by atoms with Gasteiger partial charge in [0.25, 0.3) is 5.56 Å². The standard InChI is InChI=1S/C31H36N4O3/c1-19(2)31(5)17-24-15-23(27(36)8-7-25-20(3)14-21(4)34-30(25)37)16-26(29(24)38-31)22-6-9-28(33-18-22)35-12-10-32-11-13-35/h6,9,14-16,18,32H,1,7-8,10-13,17H2,2-5H3,(H,34,37). The molecule has 0 bridgehead atoms. The monoisotopic (exact) mass is 512 g/mol. The molecule has 7 heteroatoms. The Hall–Kier alpha value is -3.71. The van der Waals surface area contributed by atoms with Crippen LogP contribution in [-0.4, -0.2) is 47.5 Å². The van der Waals surface area contributed by atoms with Crippen LogP contribution in [0.1, 0.15) is 53.0 Å². The molecule has 2 aliphatic heterocycles. The minimum Gasteiger partial charge on any atom is -0.482 e. The van der Waals surface area contributed by atoms with E-state index in [9.17, 15) is 9.59 Å². The van der Waals surface area contributed by atoms with Crippen LogP contribution in [0.4, 0.5) is 5.82 Å². The highest BCUT2D eigenvalue weighted by molar-refractivity contribution is 5.98. The van der Waals surface area contributed by atoms with Gasteiger partial charge in [0.1, 0.15) is 17.2 Å². The summed E-state index contributed by atoms with van der Waals surface area (Å²) in [6.45, 7) is 15.7. The lowest BCUT2D eigenvalue weighted by Gasteiger charge is -2.28. The summed E-state index contributed by atoms with van der Waals surface area (Å²) in [5.41, 5.74) is 6.08. The summed E-state index contributed by atoms with van der Waals surface area (Å²) < 4.78 is 6.49. The fourth-order valence-electron chi connectivity index (χ4n) is 5.38. The van der Waals surface area contributed by atoms with Crippen molar-refractivity contribution in [3.05, 3.63) is 87.0 Å². The number of anilines is 1. The van der Waals surface area contributed by atoms with Gasteiger partial charge in [-0.2, -0.15) is 0 Å². The van der Waals surface area contributed by atoms with Gasteiger partial charge >= 0.3 is 0 Å². The average Bonchev–Trinajstić information content (AvgIpc) is 3.25. The van der Waals surface area contributed by atoms with Gasteiger partial charge in [-0.3, -0.25) is 9.59 Å². The summed E-state index contributed by atoms with van der Waals surface area (Å²) in [5.74, 6) is 1.74. The van der Waals surface area contributed by atoms with Gasteiger partial charge in [0.2, 0.25) is 0 Å². The van der Waals surface area contributed by atoms with Crippen molar-refractivity contribution in [1.82, 2.24) is 15.3 Å². The van der Waals surface area contributed by atoms with Gasteiger partial charge in [-0.1, -0.05) is 6.58 Å². The molecule has 3 aromatic rings. The van der Waals surface area contributed by atoms with Crippen molar-refractivity contribution < 1.29 is 9.53 Å². The third kappa shape index (κ3) is 5.03. The van der Waals surface area contributed by atoms with Gasteiger partial charge in [0.05, 0.1) is 0 Å².